The number of para-hydroxylation sites is 2. The maximum absolute atomic E-state index is 12.2. The molecule has 4 rings (SSSR count). The SMILES string of the molecule is Cc1nc2ccccc2nc1NCc1cccc(NC(=O)C2CCCO2)c1. The second-order valence-corrected chi connectivity index (χ2v) is 6.69. The number of carbonyl (C=O) groups is 1. The number of aryl methyl sites for hydroxylation is 1. The van der Waals surface area contributed by atoms with Crippen LogP contribution in [0.15, 0.2) is 48.5 Å². The molecule has 0 bridgehead atoms. The number of rotatable bonds is 5. The summed E-state index contributed by atoms with van der Waals surface area (Å²) in [6, 6.07) is 15.6. The molecule has 6 heteroatoms. The summed E-state index contributed by atoms with van der Waals surface area (Å²) in [5.41, 5.74) is 4.43. The molecule has 0 radical (unpaired) electrons. The molecular formula is C21H22N4O2. The molecule has 1 fully saturated rings. The number of aromatic nitrogens is 2. The van der Waals surface area contributed by atoms with Crippen LogP contribution in [0.5, 0.6) is 0 Å². The highest BCUT2D eigenvalue weighted by Gasteiger charge is 2.23. The molecule has 2 heterocycles. The molecule has 1 aromatic heterocycles. The molecule has 6 nitrogen and oxygen atoms in total. The lowest BCUT2D eigenvalue weighted by Gasteiger charge is -2.12. The van der Waals surface area contributed by atoms with Gasteiger partial charge in [0, 0.05) is 18.8 Å². The third-order valence-corrected chi connectivity index (χ3v) is 4.62. The minimum atomic E-state index is -0.331. The van der Waals surface area contributed by atoms with Gasteiger partial charge in [-0.1, -0.05) is 24.3 Å². The van der Waals surface area contributed by atoms with Crippen LogP contribution in [0.1, 0.15) is 24.1 Å². The van der Waals surface area contributed by atoms with Crippen molar-refractivity contribution in [3.8, 4) is 0 Å². The second-order valence-electron chi connectivity index (χ2n) is 6.69. The predicted octanol–water partition coefficient (Wildman–Crippen LogP) is 3.67. The van der Waals surface area contributed by atoms with Crippen molar-refractivity contribution in [3.63, 3.8) is 0 Å². The van der Waals surface area contributed by atoms with Crippen molar-refractivity contribution in [2.24, 2.45) is 0 Å². The van der Waals surface area contributed by atoms with Crippen LogP contribution in [0.2, 0.25) is 0 Å². The molecule has 3 aromatic rings. The van der Waals surface area contributed by atoms with E-state index in [2.05, 4.69) is 20.6 Å². The molecule has 1 saturated heterocycles. The normalized spacial score (nSPS) is 16.4. The first-order valence-corrected chi connectivity index (χ1v) is 9.18. The molecule has 1 unspecified atom stereocenters. The summed E-state index contributed by atoms with van der Waals surface area (Å²) in [5, 5.41) is 6.28. The monoisotopic (exact) mass is 362 g/mol. The largest absolute Gasteiger partial charge is 0.368 e. The zero-order chi connectivity index (χ0) is 18.6. The Morgan fingerprint density at radius 2 is 1.96 bits per heavy atom. The summed E-state index contributed by atoms with van der Waals surface area (Å²) in [7, 11) is 0. The number of ether oxygens (including phenoxy) is 1. The van der Waals surface area contributed by atoms with Gasteiger partial charge in [0.15, 0.2) is 0 Å². The van der Waals surface area contributed by atoms with Gasteiger partial charge >= 0.3 is 0 Å². The standard InChI is InChI=1S/C21H22N4O2/c1-14-20(25-18-9-3-2-8-17(18)23-14)22-13-15-6-4-7-16(12-15)24-21(26)19-10-5-11-27-19/h2-4,6-9,12,19H,5,10-11,13H2,1H3,(H,22,25)(H,24,26). The lowest BCUT2D eigenvalue weighted by Crippen LogP contribution is -2.26. The van der Waals surface area contributed by atoms with E-state index in [9.17, 15) is 4.79 Å². The maximum Gasteiger partial charge on any atom is 0.253 e. The van der Waals surface area contributed by atoms with Crippen molar-refractivity contribution >= 4 is 28.4 Å². The molecule has 2 aromatic carbocycles. The topological polar surface area (TPSA) is 76.1 Å². The van der Waals surface area contributed by atoms with Crippen LogP contribution in [-0.2, 0) is 16.1 Å². The van der Waals surface area contributed by atoms with Gasteiger partial charge in [0.25, 0.3) is 5.91 Å². The van der Waals surface area contributed by atoms with Gasteiger partial charge in [0.2, 0.25) is 0 Å². The minimum absolute atomic E-state index is 0.0751. The molecule has 27 heavy (non-hydrogen) atoms. The fourth-order valence-corrected chi connectivity index (χ4v) is 3.21. The van der Waals surface area contributed by atoms with Crippen molar-refractivity contribution in [2.45, 2.75) is 32.4 Å². The van der Waals surface area contributed by atoms with Gasteiger partial charge in [-0.2, -0.15) is 0 Å². The lowest BCUT2D eigenvalue weighted by atomic mass is 10.2. The van der Waals surface area contributed by atoms with Crippen molar-refractivity contribution in [2.75, 3.05) is 17.2 Å². The summed E-state index contributed by atoms with van der Waals surface area (Å²) in [6.07, 6.45) is 1.39. The molecule has 2 N–H and O–H groups in total. The van der Waals surface area contributed by atoms with E-state index in [1.807, 2.05) is 55.5 Å². The van der Waals surface area contributed by atoms with E-state index in [1.54, 1.807) is 0 Å². The highest BCUT2D eigenvalue weighted by Crippen LogP contribution is 2.19. The van der Waals surface area contributed by atoms with E-state index < -0.39 is 0 Å². The van der Waals surface area contributed by atoms with Gasteiger partial charge in [0.1, 0.15) is 11.9 Å². The zero-order valence-electron chi connectivity index (χ0n) is 15.2. The third kappa shape index (κ3) is 4.06. The Morgan fingerprint density at radius 3 is 2.74 bits per heavy atom. The Hall–Kier alpha value is -2.99. The molecule has 0 aliphatic carbocycles. The number of nitrogens with one attached hydrogen (secondary N) is 2. The maximum atomic E-state index is 12.2. The number of hydrogen-bond acceptors (Lipinski definition) is 5. The van der Waals surface area contributed by atoms with Gasteiger partial charge in [-0.05, 0) is 49.6 Å². The van der Waals surface area contributed by atoms with Gasteiger partial charge in [-0.3, -0.25) is 4.79 Å². The molecule has 0 saturated carbocycles. The summed E-state index contributed by atoms with van der Waals surface area (Å²) >= 11 is 0. The fourth-order valence-electron chi connectivity index (χ4n) is 3.21. The van der Waals surface area contributed by atoms with Crippen LogP contribution < -0.4 is 10.6 Å². The zero-order valence-corrected chi connectivity index (χ0v) is 15.2. The quantitative estimate of drug-likeness (QED) is 0.724. The minimum Gasteiger partial charge on any atom is -0.368 e. The summed E-state index contributed by atoms with van der Waals surface area (Å²) < 4.78 is 5.43. The van der Waals surface area contributed by atoms with E-state index >= 15 is 0 Å². The molecule has 1 aliphatic heterocycles. The Morgan fingerprint density at radius 1 is 1.15 bits per heavy atom. The average molecular weight is 362 g/mol. The number of benzene rings is 2. The van der Waals surface area contributed by atoms with E-state index in [1.165, 1.54) is 0 Å². The van der Waals surface area contributed by atoms with Gasteiger partial charge < -0.3 is 15.4 Å². The Balaban J connectivity index is 1.44. The van der Waals surface area contributed by atoms with Crippen LogP contribution in [-0.4, -0.2) is 28.6 Å². The summed E-state index contributed by atoms with van der Waals surface area (Å²) in [5.74, 6) is 0.691. The molecular weight excluding hydrogens is 340 g/mol. The first-order chi connectivity index (χ1) is 13.2. The first kappa shape index (κ1) is 17.4. The first-order valence-electron chi connectivity index (χ1n) is 9.18. The van der Waals surface area contributed by atoms with Gasteiger partial charge in [-0.15, -0.1) is 0 Å². The van der Waals surface area contributed by atoms with Gasteiger partial charge in [0.05, 0.1) is 16.7 Å². The third-order valence-electron chi connectivity index (χ3n) is 4.62. The summed E-state index contributed by atoms with van der Waals surface area (Å²) in [4.78, 5) is 21.5. The van der Waals surface area contributed by atoms with Crippen LogP contribution in [0.25, 0.3) is 11.0 Å². The van der Waals surface area contributed by atoms with E-state index in [4.69, 9.17) is 4.74 Å². The van der Waals surface area contributed by atoms with Crippen molar-refractivity contribution in [1.29, 1.82) is 0 Å². The van der Waals surface area contributed by atoms with Crippen LogP contribution in [0, 0.1) is 6.92 Å². The molecule has 1 atom stereocenters. The number of hydrogen-bond donors (Lipinski definition) is 2. The van der Waals surface area contributed by atoms with Crippen LogP contribution in [0.4, 0.5) is 11.5 Å². The molecule has 138 valence electrons. The number of amides is 1. The van der Waals surface area contributed by atoms with Gasteiger partial charge in [-0.25, -0.2) is 9.97 Å². The number of fused-ring (bicyclic) bond motifs is 1. The highest BCUT2D eigenvalue weighted by molar-refractivity contribution is 5.94. The molecule has 1 amide bonds. The van der Waals surface area contributed by atoms with Crippen molar-refractivity contribution < 1.29 is 9.53 Å². The Labute approximate surface area is 158 Å². The molecule has 0 spiro atoms. The van der Waals surface area contributed by atoms with E-state index in [-0.39, 0.29) is 12.0 Å². The second kappa shape index (κ2) is 7.72. The van der Waals surface area contributed by atoms with Crippen molar-refractivity contribution in [3.05, 3.63) is 59.8 Å². The molecule has 1 aliphatic rings. The van der Waals surface area contributed by atoms with Crippen LogP contribution >= 0.6 is 0 Å². The Bertz CT molecular complexity index is 967. The Kier molecular flexibility index (Phi) is 4.98. The van der Waals surface area contributed by atoms with E-state index in [0.29, 0.717) is 13.2 Å². The smallest absolute Gasteiger partial charge is 0.253 e. The van der Waals surface area contributed by atoms with Crippen LogP contribution in [0.3, 0.4) is 0 Å². The van der Waals surface area contributed by atoms with E-state index in [0.717, 1.165) is 46.6 Å². The number of nitrogens with zero attached hydrogens (tertiary/aromatic N) is 2. The average Bonchev–Trinajstić information content (AvgIpc) is 3.22. The van der Waals surface area contributed by atoms with Crippen molar-refractivity contribution in [1.82, 2.24) is 9.97 Å². The number of anilines is 2. The summed E-state index contributed by atoms with van der Waals surface area (Å²) in [6.45, 7) is 3.20. The highest BCUT2D eigenvalue weighted by atomic mass is 16.5. The number of carbonyl (C=O) groups excluding carboxylic acids is 1. The fraction of sp³-hybridized carbons (Fsp3) is 0.286. The lowest BCUT2D eigenvalue weighted by molar-refractivity contribution is -0.124. The predicted molar refractivity (Wildman–Crippen MR) is 106 cm³/mol.